The Morgan fingerprint density at radius 1 is 1.03 bits per heavy atom. The second kappa shape index (κ2) is 8.38. The minimum atomic E-state index is -3.84. The maximum Gasteiger partial charge on any atom is 0.244 e. The molecule has 2 aromatic carbocycles. The second-order valence-electron chi connectivity index (χ2n) is 7.39. The van der Waals surface area contributed by atoms with Gasteiger partial charge in [-0.15, -0.1) is 0 Å². The Kier molecular flexibility index (Phi) is 5.65. The van der Waals surface area contributed by atoms with E-state index in [2.05, 4.69) is 10.3 Å². The zero-order valence-electron chi connectivity index (χ0n) is 16.7. The fourth-order valence-electron chi connectivity index (χ4n) is 3.62. The van der Waals surface area contributed by atoms with Gasteiger partial charge in [0, 0.05) is 12.7 Å². The normalized spacial score (nSPS) is 16.6. The summed E-state index contributed by atoms with van der Waals surface area (Å²) in [7, 11) is -3.84. The minimum Gasteiger partial charge on any atom is -0.349 e. The van der Waals surface area contributed by atoms with Gasteiger partial charge in [0.05, 0.1) is 17.1 Å². The molecule has 0 unspecified atom stereocenters. The van der Waals surface area contributed by atoms with Gasteiger partial charge in [0.25, 0.3) is 0 Å². The lowest BCUT2D eigenvalue weighted by molar-refractivity contribution is -0.125. The number of amides is 1. The molecular formula is C23H23N3O3S. The van der Waals surface area contributed by atoms with E-state index in [9.17, 15) is 13.2 Å². The van der Waals surface area contributed by atoms with Crippen molar-refractivity contribution in [1.29, 1.82) is 0 Å². The van der Waals surface area contributed by atoms with Gasteiger partial charge in [-0.2, -0.15) is 4.31 Å². The Morgan fingerprint density at radius 2 is 1.73 bits per heavy atom. The first kappa shape index (κ1) is 20.3. The van der Waals surface area contributed by atoms with Crippen LogP contribution in [0.15, 0.2) is 77.8 Å². The molecule has 0 bridgehead atoms. The summed E-state index contributed by atoms with van der Waals surface area (Å²) in [5, 5.41) is 2.85. The van der Waals surface area contributed by atoms with Crippen LogP contribution in [0.5, 0.6) is 0 Å². The number of hydrogen-bond donors (Lipinski definition) is 1. The lowest BCUT2D eigenvalue weighted by atomic mass is 9.95. The largest absolute Gasteiger partial charge is 0.349 e. The molecule has 2 heterocycles. The molecule has 1 aliphatic heterocycles. The van der Waals surface area contributed by atoms with Crippen LogP contribution in [-0.2, 0) is 34.3 Å². The smallest absolute Gasteiger partial charge is 0.244 e. The zero-order valence-corrected chi connectivity index (χ0v) is 17.5. The highest BCUT2D eigenvalue weighted by Crippen LogP contribution is 2.29. The first-order valence-corrected chi connectivity index (χ1v) is 11.2. The van der Waals surface area contributed by atoms with Crippen molar-refractivity contribution in [3.8, 4) is 0 Å². The van der Waals surface area contributed by atoms with Crippen molar-refractivity contribution in [2.75, 3.05) is 0 Å². The van der Waals surface area contributed by atoms with Crippen molar-refractivity contribution >= 4 is 15.9 Å². The third-order valence-electron chi connectivity index (χ3n) is 5.31. The Labute approximate surface area is 176 Å². The van der Waals surface area contributed by atoms with Gasteiger partial charge in [-0.1, -0.05) is 48.0 Å². The second-order valence-corrected chi connectivity index (χ2v) is 9.28. The summed E-state index contributed by atoms with van der Waals surface area (Å²) in [6.45, 7) is 2.31. The monoisotopic (exact) mass is 421 g/mol. The predicted octanol–water partition coefficient (Wildman–Crippen LogP) is 2.82. The van der Waals surface area contributed by atoms with Crippen molar-refractivity contribution in [1.82, 2.24) is 14.6 Å². The molecule has 30 heavy (non-hydrogen) atoms. The summed E-state index contributed by atoms with van der Waals surface area (Å²) < 4.78 is 28.2. The lowest BCUT2D eigenvalue weighted by Gasteiger charge is -2.35. The van der Waals surface area contributed by atoms with Crippen LogP contribution < -0.4 is 5.32 Å². The van der Waals surface area contributed by atoms with Crippen LogP contribution in [0.25, 0.3) is 0 Å². The molecule has 0 aliphatic carbocycles. The number of pyridine rings is 1. The Hall–Kier alpha value is -3.03. The van der Waals surface area contributed by atoms with Crippen molar-refractivity contribution in [2.45, 2.75) is 37.4 Å². The third-order valence-corrected chi connectivity index (χ3v) is 7.17. The Bertz CT molecular complexity index is 1150. The summed E-state index contributed by atoms with van der Waals surface area (Å²) in [5.41, 5.74) is 3.60. The summed E-state index contributed by atoms with van der Waals surface area (Å²) in [4.78, 5) is 17.5. The first-order chi connectivity index (χ1) is 14.4. The predicted molar refractivity (Wildman–Crippen MR) is 114 cm³/mol. The molecule has 7 heteroatoms. The number of fused-ring (bicyclic) bond motifs is 1. The van der Waals surface area contributed by atoms with Crippen LogP contribution in [0.3, 0.4) is 0 Å². The van der Waals surface area contributed by atoms with Gasteiger partial charge in [0.15, 0.2) is 0 Å². The van der Waals surface area contributed by atoms with E-state index in [0.717, 1.165) is 22.4 Å². The molecule has 0 saturated carbocycles. The van der Waals surface area contributed by atoms with Gasteiger partial charge in [0.1, 0.15) is 6.04 Å². The molecule has 6 nitrogen and oxygen atoms in total. The third kappa shape index (κ3) is 4.13. The molecule has 0 radical (unpaired) electrons. The van der Waals surface area contributed by atoms with Crippen molar-refractivity contribution in [3.05, 3.63) is 95.3 Å². The number of hydrogen-bond acceptors (Lipinski definition) is 4. The molecule has 0 saturated heterocycles. The number of nitrogens with one attached hydrogen (secondary N) is 1. The molecule has 0 fully saturated rings. The minimum absolute atomic E-state index is 0.161. The molecule has 1 N–H and O–H groups in total. The van der Waals surface area contributed by atoms with Gasteiger partial charge in [-0.05, 0) is 48.7 Å². The Morgan fingerprint density at radius 3 is 2.43 bits per heavy atom. The lowest BCUT2D eigenvalue weighted by Crippen LogP contribution is -2.52. The van der Waals surface area contributed by atoms with E-state index < -0.39 is 16.1 Å². The van der Waals surface area contributed by atoms with Crippen LogP contribution in [0, 0.1) is 6.92 Å². The molecule has 1 atom stereocenters. The van der Waals surface area contributed by atoms with Crippen LogP contribution >= 0.6 is 0 Å². The molecule has 154 valence electrons. The molecule has 0 spiro atoms. The SMILES string of the molecule is Cc1ccc(S(=O)(=O)N2Cc3ccccc3C[C@H]2C(=O)NCc2ccccn2)cc1. The number of benzene rings is 2. The van der Waals surface area contributed by atoms with Crippen LogP contribution in [0.1, 0.15) is 22.4 Å². The molecule has 4 rings (SSSR count). The standard InChI is InChI=1S/C23H23N3O3S/c1-17-9-11-21(12-10-17)30(28,29)26-16-19-7-3-2-6-18(19)14-22(26)23(27)25-15-20-8-4-5-13-24-20/h2-13,22H,14-16H2,1H3,(H,25,27)/t22-/m0/s1. The number of carbonyl (C=O) groups is 1. The van der Waals surface area contributed by atoms with E-state index in [-0.39, 0.29) is 23.9 Å². The highest BCUT2D eigenvalue weighted by Gasteiger charge is 2.39. The van der Waals surface area contributed by atoms with Gasteiger partial charge >= 0.3 is 0 Å². The number of rotatable bonds is 5. The van der Waals surface area contributed by atoms with E-state index in [1.807, 2.05) is 43.3 Å². The fourth-order valence-corrected chi connectivity index (χ4v) is 5.18. The quantitative estimate of drug-likeness (QED) is 0.687. The van der Waals surface area contributed by atoms with E-state index in [4.69, 9.17) is 0 Å². The highest BCUT2D eigenvalue weighted by atomic mass is 32.2. The van der Waals surface area contributed by atoms with E-state index in [1.165, 1.54) is 4.31 Å². The van der Waals surface area contributed by atoms with E-state index in [1.54, 1.807) is 36.5 Å². The van der Waals surface area contributed by atoms with Crippen molar-refractivity contribution in [2.24, 2.45) is 0 Å². The number of nitrogens with zero attached hydrogens (tertiary/aromatic N) is 2. The first-order valence-electron chi connectivity index (χ1n) is 9.78. The van der Waals surface area contributed by atoms with Crippen LogP contribution in [0.2, 0.25) is 0 Å². The zero-order chi connectivity index (χ0) is 21.1. The summed E-state index contributed by atoms with van der Waals surface area (Å²) in [6, 6.07) is 19.0. The van der Waals surface area contributed by atoms with Gasteiger partial charge < -0.3 is 5.32 Å². The van der Waals surface area contributed by atoms with E-state index >= 15 is 0 Å². The number of aryl methyl sites for hydroxylation is 1. The van der Waals surface area contributed by atoms with Gasteiger partial charge in [0.2, 0.25) is 15.9 Å². The van der Waals surface area contributed by atoms with Crippen LogP contribution in [-0.4, -0.2) is 29.7 Å². The van der Waals surface area contributed by atoms with E-state index in [0.29, 0.717) is 6.42 Å². The van der Waals surface area contributed by atoms with Gasteiger partial charge in [-0.3, -0.25) is 9.78 Å². The highest BCUT2D eigenvalue weighted by molar-refractivity contribution is 7.89. The maximum absolute atomic E-state index is 13.4. The molecule has 3 aromatic rings. The number of sulfonamides is 1. The fraction of sp³-hybridized carbons (Fsp3) is 0.217. The molecule has 1 aliphatic rings. The summed E-state index contributed by atoms with van der Waals surface area (Å²) in [6.07, 6.45) is 1.99. The number of aromatic nitrogens is 1. The summed E-state index contributed by atoms with van der Waals surface area (Å²) >= 11 is 0. The average Bonchev–Trinajstić information content (AvgIpc) is 2.77. The molecule has 1 aromatic heterocycles. The summed E-state index contributed by atoms with van der Waals surface area (Å²) in [5.74, 6) is -0.328. The molecule has 1 amide bonds. The van der Waals surface area contributed by atoms with Crippen molar-refractivity contribution < 1.29 is 13.2 Å². The molecular weight excluding hydrogens is 398 g/mol. The number of carbonyl (C=O) groups excluding carboxylic acids is 1. The maximum atomic E-state index is 13.4. The van der Waals surface area contributed by atoms with Gasteiger partial charge in [-0.25, -0.2) is 8.42 Å². The van der Waals surface area contributed by atoms with Crippen molar-refractivity contribution in [3.63, 3.8) is 0 Å². The topological polar surface area (TPSA) is 79.4 Å². The Balaban J connectivity index is 1.65. The van der Waals surface area contributed by atoms with Crippen LogP contribution in [0.4, 0.5) is 0 Å². The average molecular weight is 422 g/mol.